The summed E-state index contributed by atoms with van der Waals surface area (Å²) in [7, 11) is 3.93. The van der Waals surface area contributed by atoms with E-state index in [9.17, 15) is 0 Å². The molecule has 0 aliphatic carbocycles. The SMILES string of the molecule is CCOc1ccc(OC(C)c2nnc(-c3cc(N(C)C)ccn3)o2)cc1. The van der Waals surface area contributed by atoms with Gasteiger partial charge in [0.2, 0.25) is 0 Å². The first-order valence-electron chi connectivity index (χ1n) is 8.43. The summed E-state index contributed by atoms with van der Waals surface area (Å²) in [5, 5.41) is 8.18. The van der Waals surface area contributed by atoms with Crippen molar-refractivity contribution in [1.29, 1.82) is 0 Å². The molecule has 136 valence electrons. The Labute approximate surface area is 152 Å². The van der Waals surface area contributed by atoms with Crippen molar-refractivity contribution >= 4 is 5.69 Å². The van der Waals surface area contributed by atoms with Crippen LogP contribution in [0.5, 0.6) is 11.5 Å². The molecule has 0 saturated heterocycles. The lowest BCUT2D eigenvalue weighted by Crippen LogP contribution is -2.08. The summed E-state index contributed by atoms with van der Waals surface area (Å²) in [6, 6.07) is 11.2. The van der Waals surface area contributed by atoms with Crippen LogP contribution in [0.2, 0.25) is 0 Å². The lowest BCUT2D eigenvalue weighted by molar-refractivity contribution is 0.189. The summed E-state index contributed by atoms with van der Waals surface area (Å²) in [6.45, 7) is 4.44. The Hall–Kier alpha value is -3.09. The highest BCUT2D eigenvalue weighted by Gasteiger charge is 2.17. The molecule has 0 aliphatic heterocycles. The van der Waals surface area contributed by atoms with E-state index in [1.807, 2.05) is 69.2 Å². The highest BCUT2D eigenvalue weighted by molar-refractivity contribution is 5.56. The number of nitrogens with zero attached hydrogens (tertiary/aromatic N) is 4. The number of hydrogen-bond donors (Lipinski definition) is 0. The fraction of sp³-hybridized carbons (Fsp3) is 0.316. The Morgan fingerprint density at radius 3 is 2.50 bits per heavy atom. The topological polar surface area (TPSA) is 73.5 Å². The average Bonchev–Trinajstić information content (AvgIpc) is 3.14. The lowest BCUT2D eigenvalue weighted by Gasteiger charge is -2.12. The van der Waals surface area contributed by atoms with Crippen LogP contribution in [0.1, 0.15) is 25.8 Å². The van der Waals surface area contributed by atoms with Crippen LogP contribution in [0.25, 0.3) is 11.6 Å². The van der Waals surface area contributed by atoms with E-state index in [-0.39, 0.29) is 6.10 Å². The molecule has 0 radical (unpaired) electrons. The summed E-state index contributed by atoms with van der Waals surface area (Å²) in [5.74, 6) is 2.27. The standard InChI is InChI=1S/C19H22N4O3/c1-5-24-15-6-8-16(9-7-15)25-13(2)18-21-22-19(26-18)17-12-14(23(3)4)10-11-20-17/h6-13H,5H2,1-4H3. The second-order valence-electron chi connectivity index (χ2n) is 5.90. The highest BCUT2D eigenvalue weighted by Crippen LogP contribution is 2.26. The molecule has 0 aliphatic rings. The van der Waals surface area contributed by atoms with Crippen LogP contribution in [0.15, 0.2) is 47.0 Å². The molecule has 1 unspecified atom stereocenters. The summed E-state index contributed by atoms with van der Waals surface area (Å²) < 4.78 is 17.0. The van der Waals surface area contributed by atoms with E-state index >= 15 is 0 Å². The molecule has 0 N–H and O–H groups in total. The van der Waals surface area contributed by atoms with Gasteiger partial charge in [0.15, 0.2) is 6.10 Å². The Morgan fingerprint density at radius 1 is 1.08 bits per heavy atom. The van der Waals surface area contributed by atoms with E-state index in [4.69, 9.17) is 13.9 Å². The third-order valence-corrected chi connectivity index (χ3v) is 3.72. The van der Waals surface area contributed by atoms with Crippen LogP contribution >= 0.6 is 0 Å². The zero-order valence-corrected chi connectivity index (χ0v) is 15.3. The van der Waals surface area contributed by atoms with Crippen LogP contribution < -0.4 is 14.4 Å². The second-order valence-corrected chi connectivity index (χ2v) is 5.90. The summed E-state index contributed by atoms with van der Waals surface area (Å²) in [5.41, 5.74) is 1.64. The molecule has 1 aromatic carbocycles. The first kappa shape index (κ1) is 17.7. The number of benzene rings is 1. The van der Waals surface area contributed by atoms with Crippen molar-refractivity contribution in [1.82, 2.24) is 15.2 Å². The molecule has 0 spiro atoms. The lowest BCUT2D eigenvalue weighted by atomic mass is 10.3. The first-order chi connectivity index (χ1) is 12.6. The van der Waals surface area contributed by atoms with Crippen molar-refractivity contribution < 1.29 is 13.9 Å². The number of aromatic nitrogens is 3. The molecule has 3 rings (SSSR count). The monoisotopic (exact) mass is 354 g/mol. The van der Waals surface area contributed by atoms with Crippen molar-refractivity contribution in [2.24, 2.45) is 0 Å². The maximum Gasteiger partial charge on any atom is 0.266 e. The summed E-state index contributed by atoms with van der Waals surface area (Å²) >= 11 is 0. The van der Waals surface area contributed by atoms with Gasteiger partial charge in [0, 0.05) is 26.0 Å². The van der Waals surface area contributed by atoms with Gasteiger partial charge >= 0.3 is 0 Å². The van der Waals surface area contributed by atoms with Gasteiger partial charge in [-0.1, -0.05) is 0 Å². The minimum Gasteiger partial charge on any atom is -0.494 e. The third-order valence-electron chi connectivity index (χ3n) is 3.72. The molecule has 0 amide bonds. The van der Waals surface area contributed by atoms with Crippen molar-refractivity contribution in [2.45, 2.75) is 20.0 Å². The average molecular weight is 354 g/mol. The first-order valence-corrected chi connectivity index (χ1v) is 8.43. The molecule has 7 nitrogen and oxygen atoms in total. The van der Waals surface area contributed by atoms with E-state index in [0.717, 1.165) is 11.4 Å². The predicted molar refractivity (Wildman–Crippen MR) is 98.5 cm³/mol. The Balaban J connectivity index is 1.71. The molecular formula is C19H22N4O3. The highest BCUT2D eigenvalue weighted by atomic mass is 16.5. The molecule has 1 atom stereocenters. The molecule has 2 aromatic heterocycles. The Morgan fingerprint density at radius 2 is 1.81 bits per heavy atom. The summed E-state index contributed by atoms with van der Waals surface area (Å²) in [6.07, 6.45) is 1.33. The summed E-state index contributed by atoms with van der Waals surface area (Å²) in [4.78, 5) is 6.28. The zero-order chi connectivity index (χ0) is 18.5. The third kappa shape index (κ3) is 4.11. The van der Waals surface area contributed by atoms with Gasteiger partial charge in [0.05, 0.1) is 6.61 Å². The fourth-order valence-corrected chi connectivity index (χ4v) is 2.35. The van der Waals surface area contributed by atoms with E-state index in [1.54, 1.807) is 6.20 Å². The predicted octanol–water partition coefficient (Wildman–Crippen LogP) is 3.74. The van der Waals surface area contributed by atoms with Crippen molar-refractivity contribution in [3.8, 4) is 23.1 Å². The minimum atomic E-state index is -0.383. The normalized spacial score (nSPS) is 11.8. The Bertz CT molecular complexity index is 846. The molecule has 0 fully saturated rings. The van der Waals surface area contributed by atoms with E-state index < -0.39 is 0 Å². The van der Waals surface area contributed by atoms with Gasteiger partial charge in [-0.3, -0.25) is 4.98 Å². The van der Waals surface area contributed by atoms with Crippen LogP contribution in [0.4, 0.5) is 5.69 Å². The van der Waals surface area contributed by atoms with Crippen molar-refractivity contribution in [2.75, 3.05) is 25.6 Å². The van der Waals surface area contributed by atoms with Gasteiger partial charge in [-0.05, 0) is 50.2 Å². The van der Waals surface area contributed by atoms with Gasteiger partial charge in [-0.15, -0.1) is 10.2 Å². The van der Waals surface area contributed by atoms with Crippen molar-refractivity contribution in [3.05, 3.63) is 48.5 Å². The fourth-order valence-electron chi connectivity index (χ4n) is 2.35. The van der Waals surface area contributed by atoms with Crippen LogP contribution in [0.3, 0.4) is 0 Å². The van der Waals surface area contributed by atoms with Gasteiger partial charge in [0.25, 0.3) is 11.8 Å². The van der Waals surface area contributed by atoms with Gasteiger partial charge in [0.1, 0.15) is 17.2 Å². The smallest absolute Gasteiger partial charge is 0.266 e. The number of ether oxygens (including phenoxy) is 2. The van der Waals surface area contributed by atoms with Crippen LogP contribution in [-0.4, -0.2) is 35.9 Å². The van der Waals surface area contributed by atoms with E-state index in [2.05, 4.69) is 15.2 Å². The minimum absolute atomic E-state index is 0.367. The van der Waals surface area contributed by atoms with Crippen LogP contribution in [0, 0.1) is 0 Å². The quantitative estimate of drug-likeness (QED) is 0.640. The van der Waals surface area contributed by atoms with Gasteiger partial charge in [-0.25, -0.2) is 0 Å². The van der Waals surface area contributed by atoms with E-state index in [1.165, 1.54) is 0 Å². The largest absolute Gasteiger partial charge is 0.494 e. The number of pyridine rings is 1. The number of anilines is 1. The molecular weight excluding hydrogens is 332 g/mol. The number of hydrogen-bond acceptors (Lipinski definition) is 7. The molecule has 3 aromatic rings. The Kier molecular flexibility index (Phi) is 5.36. The molecule has 0 bridgehead atoms. The van der Waals surface area contributed by atoms with E-state index in [0.29, 0.717) is 29.8 Å². The van der Waals surface area contributed by atoms with Crippen molar-refractivity contribution in [3.63, 3.8) is 0 Å². The second kappa shape index (κ2) is 7.86. The van der Waals surface area contributed by atoms with Gasteiger partial charge < -0.3 is 18.8 Å². The zero-order valence-electron chi connectivity index (χ0n) is 15.3. The van der Waals surface area contributed by atoms with Gasteiger partial charge in [-0.2, -0.15) is 0 Å². The molecule has 2 heterocycles. The number of rotatable bonds is 7. The maximum absolute atomic E-state index is 5.86. The maximum atomic E-state index is 5.86. The molecule has 26 heavy (non-hydrogen) atoms. The molecule has 0 saturated carbocycles. The molecule has 7 heteroatoms. The van der Waals surface area contributed by atoms with Crippen LogP contribution in [-0.2, 0) is 0 Å².